The number of benzene rings is 1. The summed E-state index contributed by atoms with van der Waals surface area (Å²) in [6.07, 6.45) is 3.62. The number of Topliss-reactive ketones (excluding diaryl/α,β-unsaturated/α-hetero) is 1. The summed E-state index contributed by atoms with van der Waals surface area (Å²) >= 11 is 2.00. The summed E-state index contributed by atoms with van der Waals surface area (Å²) in [7, 11) is 0. The van der Waals surface area contributed by atoms with Gasteiger partial charge in [-0.2, -0.15) is 0 Å². The standard InChI is InChI=1S/C13H14FIO2/c14-9-3-5-11(12(15)8-9)13(16)6-4-10-2-1-7-17-10/h3,5,8,10H,1-2,4,6-7H2. The van der Waals surface area contributed by atoms with Crippen LogP contribution >= 0.6 is 22.6 Å². The van der Waals surface area contributed by atoms with E-state index in [1.165, 1.54) is 12.1 Å². The monoisotopic (exact) mass is 348 g/mol. The fourth-order valence-corrected chi connectivity index (χ4v) is 2.79. The number of carbonyl (C=O) groups excluding carboxylic acids is 1. The summed E-state index contributed by atoms with van der Waals surface area (Å²) in [5, 5.41) is 0. The number of ketones is 1. The summed E-state index contributed by atoms with van der Waals surface area (Å²) in [4.78, 5) is 12.0. The predicted octanol–water partition coefficient (Wildman–Crippen LogP) is 3.57. The fourth-order valence-electron chi connectivity index (χ4n) is 2.01. The van der Waals surface area contributed by atoms with E-state index < -0.39 is 0 Å². The first-order chi connectivity index (χ1) is 8.16. The van der Waals surface area contributed by atoms with Crippen molar-refractivity contribution in [3.63, 3.8) is 0 Å². The van der Waals surface area contributed by atoms with Gasteiger partial charge in [-0.05, 0) is 60.1 Å². The van der Waals surface area contributed by atoms with Crippen LogP contribution in [0.1, 0.15) is 36.0 Å². The topological polar surface area (TPSA) is 26.3 Å². The van der Waals surface area contributed by atoms with E-state index in [0.717, 1.165) is 25.9 Å². The molecule has 17 heavy (non-hydrogen) atoms. The van der Waals surface area contributed by atoms with E-state index >= 15 is 0 Å². The van der Waals surface area contributed by atoms with Crippen molar-refractivity contribution in [3.8, 4) is 0 Å². The van der Waals surface area contributed by atoms with Gasteiger partial charge in [0.2, 0.25) is 0 Å². The summed E-state index contributed by atoms with van der Waals surface area (Å²) in [5.41, 5.74) is 0.616. The van der Waals surface area contributed by atoms with Gasteiger partial charge in [-0.3, -0.25) is 4.79 Å². The summed E-state index contributed by atoms with van der Waals surface area (Å²) in [5.74, 6) is -0.227. The Labute approximate surface area is 114 Å². The van der Waals surface area contributed by atoms with Gasteiger partial charge in [-0.1, -0.05) is 0 Å². The van der Waals surface area contributed by atoms with Crippen LogP contribution in [-0.4, -0.2) is 18.5 Å². The molecule has 1 aliphatic rings. The number of ether oxygens (including phenoxy) is 1. The number of rotatable bonds is 4. The summed E-state index contributed by atoms with van der Waals surface area (Å²) in [6.45, 7) is 0.812. The van der Waals surface area contributed by atoms with Gasteiger partial charge >= 0.3 is 0 Å². The van der Waals surface area contributed by atoms with Crippen molar-refractivity contribution in [1.29, 1.82) is 0 Å². The first-order valence-electron chi connectivity index (χ1n) is 5.76. The van der Waals surface area contributed by atoms with Crippen molar-refractivity contribution in [2.24, 2.45) is 0 Å². The normalized spacial score (nSPS) is 19.5. The molecule has 0 radical (unpaired) electrons. The maximum absolute atomic E-state index is 12.9. The summed E-state index contributed by atoms with van der Waals surface area (Å²) < 4.78 is 19.1. The van der Waals surface area contributed by atoms with Gasteiger partial charge in [0.1, 0.15) is 5.82 Å². The van der Waals surface area contributed by atoms with Crippen LogP contribution in [-0.2, 0) is 4.74 Å². The number of hydrogen-bond donors (Lipinski definition) is 0. The van der Waals surface area contributed by atoms with Crippen LogP contribution < -0.4 is 0 Å². The maximum Gasteiger partial charge on any atom is 0.164 e. The highest BCUT2D eigenvalue weighted by Crippen LogP contribution is 2.20. The minimum atomic E-state index is -0.301. The van der Waals surface area contributed by atoms with Gasteiger partial charge in [0, 0.05) is 22.2 Å². The van der Waals surface area contributed by atoms with Crippen LogP contribution in [0.4, 0.5) is 4.39 Å². The Morgan fingerprint density at radius 3 is 3.00 bits per heavy atom. The Morgan fingerprint density at radius 1 is 1.53 bits per heavy atom. The van der Waals surface area contributed by atoms with Crippen molar-refractivity contribution in [2.75, 3.05) is 6.61 Å². The average molecular weight is 348 g/mol. The Kier molecular flexibility index (Phi) is 4.50. The molecule has 1 atom stereocenters. The number of carbonyl (C=O) groups is 1. The quantitative estimate of drug-likeness (QED) is 0.614. The molecule has 1 aromatic carbocycles. The molecule has 2 nitrogen and oxygen atoms in total. The van der Waals surface area contributed by atoms with Gasteiger partial charge in [0.05, 0.1) is 6.10 Å². The van der Waals surface area contributed by atoms with Gasteiger partial charge in [0.25, 0.3) is 0 Å². The van der Waals surface area contributed by atoms with Crippen LogP contribution in [0.5, 0.6) is 0 Å². The lowest BCUT2D eigenvalue weighted by atomic mass is 10.0. The van der Waals surface area contributed by atoms with Crippen LogP contribution in [0.15, 0.2) is 18.2 Å². The van der Waals surface area contributed by atoms with E-state index in [9.17, 15) is 9.18 Å². The molecule has 1 unspecified atom stereocenters. The molecule has 0 N–H and O–H groups in total. The Bertz CT molecular complexity index is 414. The maximum atomic E-state index is 12.9. The first kappa shape index (κ1) is 13.0. The molecule has 0 aliphatic carbocycles. The Morgan fingerprint density at radius 2 is 2.35 bits per heavy atom. The van der Waals surface area contributed by atoms with Crippen LogP contribution in [0.25, 0.3) is 0 Å². The lowest BCUT2D eigenvalue weighted by Gasteiger charge is -2.09. The van der Waals surface area contributed by atoms with Gasteiger partial charge < -0.3 is 4.74 Å². The molecular formula is C13H14FIO2. The van der Waals surface area contributed by atoms with Crippen molar-refractivity contribution < 1.29 is 13.9 Å². The molecule has 1 aromatic rings. The van der Waals surface area contributed by atoms with Crippen LogP contribution in [0.2, 0.25) is 0 Å². The molecule has 2 rings (SSSR count). The van der Waals surface area contributed by atoms with E-state index in [1.54, 1.807) is 6.07 Å². The predicted molar refractivity (Wildman–Crippen MR) is 71.7 cm³/mol. The zero-order valence-corrected chi connectivity index (χ0v) is 11.6. The van der Waals surface area contributed by atoms with Gasteiger partial charge in [-0.15, -0.1) is 0 Å². The molecule has 1 fully saturated rings. The highest BCUT2D eigenvalue weighted by atomic mass is 127. The highest BCUT2D eigenvalue weighted by molar-refractivity contribution is 14.1. The van der Waals surface area contributed by atoms with E-state index in [4.69, 9.17) is 4.74 Å². The molecule has 0 amide bonds. The Balaban J connectivity index is 1.94. The number of hydrogen-bond acceptors (Lipinski definition) is 2. The molecule has 1 saturated heterocycles. The van der Waals surface area contributed by atoms with E-state index in [-0.39, 0.29) is 17.7 Å². The zero-order chi connectivity index (χ0) is 12.3. The SMILES string of the molecule is O=C(CCC1CCCO1)c1ccc(F)cc1I. The minimum Gasteiger partial charge on any atom is -0.378 e. The van der Waals surface area contributed by atoms with Gasteiger partial charge in [0.15, 0.2) is 5.78 Å². The van der Waals surface area contributed by atoms with Crippen LogP contribution in [0.3, 0.4) is 0 Å². The molecule has 0 bridgehead atoms. The summed E-state index contributed by atoms with van der Waals surface area (Å²) in [6, 6.07) is 4.29. The smallest absolute Gasteiger partial charge is 0.164 e. The van der Waals surface area contributed by atoms with Crippen molar-refractivity contribution >= 4 is 28.4 Å². The van der Waals surface area contributed by atoms with Crippen LogP contribution in [0, 0.1) is 9.39 Å². The molecule has 4 heteroatoms. The van der Waals surface area contributed by atoms with Crippen molar-refractivity contribution in [1.82, 2.24) is 0 Å². The molecule has 0 aromatic heterocycles. The third kappa shape index (κ3) is 3.48. The van der Waals surface area contributed by atoms with E-state index in [2.05, 4.69) is 0 Å². The largest absolute Gasteiger partial charge is 0.378 e. The van der Waals surface area contributed by atoms with Crippen molar-refractivity contribution in [2.45, 2.75) is 31.8 Å². The second-order valence-electron chi connectivity index (χ2n) is 4.22. The van der Waals surface area contributed by atoms with E-state index in [0.29, 0.717) is 15.6 Å². The molecular weight excluding hydrogens is 334 g/mol. The average Bonchev–Trinajstić information content (AvgIpc) is 2.78. The van der Waals surface area contributed by atoms with Crippen molar-refractivity contribution in [3.05, 3.63) is 33.1 Å². The van der Waals surface area contributed by atoms with E-state index in [1.807, 2.05) is 22.6 Å². The molecule has 92 valence electrons. The zero-order valence-electron chi connectivity index (χ0n) is 9.42. The molecule has 1 aliphatic heterocycles. The molecule has 0 spiro atoms. The molecule has 1 heterocycles. The molecule has 0 saturated carbocycles. The first-order valence-corrected chi connectivity index (χ1v) is 6.84. The lowest BCUT2D eigenvalue weighted by Crippen LogP contribution is -2.09. The Hall–Kier alpha value is -0.490. The highest BCUT2D eigenvalue weighted by Gasteiger charge is 2.18. The third-order valence-corrected chi connectivity index (χ3v) is 3.84. The fraction of sp³-hybridized carbons (Fsp3) is 0.462. The minimum absolute atomic E-state index is 0.0740. The second kappa shape index (κ2) is 5.91. The van der Waals surface area contributed by atoms with Gasteiger partial charge in [-0.25, -0.2) is 4.39 Å². The number of halogens is 2. The third-order valence-electron chi connectivity index (χ3n) is 2.95. The lowest BCUT2D eigenvalue weighted by molar-refractivity contribution is 0.0858. The second-order valence-corrected chi connectivity index (χ2v) is 5.38.